The highest BCUT2D eigenvalue weighted by molar-refractivity contribution is 5.82. The first-order valence-corrected chi connectivity index (χ1v) is 7.80. The Hall–Kier alpha value is -1.39. The number of nitrogens with two attached hydrogens (primary N) is 1. The van der Waals surface area contributed by atoms with Crippen LogP contribution in [-0.4, -0.2) is 28.0 Å². The molecule has 0 bridgehead atoms. The molecule has 1 aromatic carbocycles. The van der Waals surface area contributed by atoms with Crippen LogP contribution in [0.5, 0.6) is 0 Å². The Labute approximate surface area is 127 Å². The fourth-order valence-corrected chi connectivity index (χ4v) is 3.20. The maximum atomic E-state index is 9.91. The summed E-state index contributed by atoms with van der Waals surface area (Å²) in [5.74, 6) is 0.500. The lowest BCUT2D eigenvalue weighted by Crippen LogP contribution is -2.38. The van der Waals surface area contributed by atoms with Gasteiger partial charge in [0.25, 0.3) is 0 Å². The average molecular weight is 289 g/mol. The zero-order valence-electron chi connectivity index (χ0n) is 13.3. The molecule has 0 aliphatic heterocycles. The molecule has 0 aliphatic rings. The van der Waals surface area contributed by atoms with Crippen molar-refractivity contribution in [1.29, 1.82) is 0 Å². The predicted molar refractivity (Wildman–Crippen MR) is 87.1 cm³/mol. The monoisotopic (exact) mass is 289 g/mol. The third kappa shape index (κ3) is 3.27. The van der Waals surface area contributed by atoms with Crippen molar-refractivity contribution in [2.75, 3.05) is 13.2 Å². The minimum Gasteiger partial charge on any atom is -0.396 e. The quantitative estimate of drug-likeness (QED) is 0.823. The summed E-state index contributed by atoms with van der Waals surface area (Å²) >= 11 is 0. The first-order valence-electron chi connectivity index (χ1n) is 7.80. The summed E-state index contributed by atoms with van der Waals surface area (Å²) in [6.07, 6.45) is 1.64. The van der Waals surface area contributed by atoms with Crippen molar-refractivity contribution in [3.05, 3.63) is 30.0 Å². The summed E-state index contributed by atoms with van der Waals surface area (Å²) in [6.45, 7) is 7.87. The highest BCUT2D eigenvalue weighted by atomic mass is 16.3. The standard InChI is InChI=1S/C17H27N3O/c1-4-20-16-8-6-5-7-14(16)15(19-20)10-17(11-18,12-21)9-13(2)3/h5-8,13,21H,4,9-12,18H2,1-3H3. The van der Waals surface area contributed by atoms with Gasteiger partial charge in [-0.25, -0.2) is 0 Å². The number of benzene rings is 1. The summed E-state index contributed by atoms with van der Waals surface area (Å²) in [5, 5.41) is 15.8. The van der Waals surface area contributed by atoms with Gasteiger partial charge in [0.15, 0.2) is 0 Å². The van der Waals surface area contributed by atoms with E-state index in [2.05, 4.69) is 32.9 Å². The number of aromatic nitrogens is 2. The number of aliphatic hydroxyl groups is 1. The van der Waals surface area contributed by atoms with E-state index in [0.29, 0.717) is 12.5 Å². The topological polar surface area (TPSA) is 64.1 Å². The molecule has 1 aromatic heterocycles. The number of rotatable bonds is 7. The zero-order valence-corrected chi connectivity index (χ0v) is 13.3. The molecule has 0 amide bonds. The van der Waals surface area contributed by atoms with Crippen molar-refractivity contribution >= 4 is 10.9 Å². The maximum absolute atomic E-state index is 9.91. The predicted octanol–water partition coefficient (Wildman–Crippen LogP) is 2.58. The van der Waals surface area contributed by atoms with Crippen molar-refractivity contribution in [3.8, 4) is 0 Å². The molecular weight excluding hydrogens is 262 g/mol. The van der Waals surface area contributed by atoms with E-state index in [1.54, 1.807) is 0 Å². The van der Waals surface area contributed by atoms with Crippen LogP contribution < -0.4 is 5.73 Å². The van der Waals surface area contributed by atoms with Crippen LogP contribution >= 0.6 is 0 Å². The fraction of sp³-hybridized carbons (Fsp3) is 0.588. The Morgan fingerprint density at radius 1 is 1.33 bits per heavy atom. The lowest BCUT2D eigenvalue weighted by molar-refractivity contribution is 0.107. The molecule has 4 heteroatoms. The number of para-hydroxylation sites is 1. The number of aliphatic hydroxyl groups excluding tert-OH is 1. The first-order chi connectivity index (χ1) is 10.0. The van der Waals surface area contributed by atoms with Crippen LogP contribution in [0.4, 0.5) is 0 Å². The van der Waals surface area contributed by atoms with E-state index < -0.39 is 0 Å². The van der Waals surface area contributed by atoms with E-state index in [9.17, 15) is 5.11 Å². The van der Waals surface area contributed by atoms with Gasteiger partial charge in [-0.2, -0.15) is 5.10 Å². The fourth-order valence-electron chi connectivity index (χ4n) is 3.20. The van der Waals surface area contributed by atoms with E-state index in [1.807, 2.05) is 16.8 Å². The van der Waals surface area contributed by atoms with Crippen LogP contribution in [0.2, 0.25) is 0 Å². The molecule has 1 heterocycles. The van der Waals surface area contributed by atoms with Crippen LogP contribution in [0.15, 0.2) is 24.3 Å². The van der Waals surface area contributed by atoms with E-state index in [0.717, 1.165) is 30.6 Å². The third-order valence-corrected chi connectivity index (χ3v) is 4.19. The van der Waals surface area contributed by atoms with Gasteiger partial charge in [0.1, 0.15) is 0 Å². The Morgan fingerprint density at radius 2 is 2.05 bits per heavy atom. The van der Waals surface area contributed by atoms with Gasteiger partial charge in [-0.1, -0.05) is 32.0 Å². The van der Waals surface area contributed by atoms with Gasteiger partial charge in [-0.3, -0.25) is 4.68 Å². The van der Waals surface area contributed by atoms with E-state index >= 15 is 0 Å². The Morgan fingerprint density at radius 3 is 2.62 bits per heavy atom. The van der Waals surface area contributed by atoms with E-state index in [1.165, 1.54) is 5.39 Å². The SMILES string of the molecule is CCn1nc(CC(CN)(CO)CC(C)C)c2ccccc21. The highest BCUT2D eigenvalue weighted by Gasteiger charge is 2.31. The van der Waals surface area contributed by atoms with Crippen molar-refractivity contribution in [1.82, 2.24) is 9.78 Å². The number of hydrogen-bond donors (Lipinski definition) is 2. The van der Waals surface area contributed by atoms with Gasteiger partial charge in [-0.05, 0) is 25.3 Å². The van der Waals surface area contributed by atoms with Crippen LogP contribution in [0.1, 0.15) is 32.9 Å². The molecule has 1 unspecified atom stereocenters. The lowest BCUT2D eigenvalue weighted by Gasteiger charge is -2.31. The largest absolute Gasteiger partial charge is 0.396 e. The highest BCUT2D eigenvalue weighted by Crippen LogP contribution is 2.32. The molecule has 0 saturated heterocycles. The van der Waals surface area contributed by atoms with E-state index in [4.69, 9.17) is 10.8 Å². The van der Waals surface area contributed by atoms with Crippen LogP contribution in [-0.2, 0) is 13.0 Å². The molecular formula is C17H27N3O. The Balaban J connectivity index is 2.41. The summed E-state index contributed by atoms with van der Waals surface area (Å²) in [7, 11) is 0. The molecule has 1 atom stereocenters. The number of hydrogen-bond acceptors (Lipinski definition) is 3. The van der Waals surface area contributed by atoms with Crippen LogP contribution in [0.3, 0.4) is 0 Å². The van der Waals surface area contributed by atoms with Crippen LogP contribution in [0.25, 0.3) is 10.9 Å². The van der Waals surface area contributed by atoms with Gasteiger partial charge < -0.3 is 10.8 Å². The van der Waals surface area contributed by atoms with Gasteiger partial charge in [-0.15, -0.1) is 0 Å². The van der Waals surface area contributed by atoms with Crippen molar-refractivity contribution in [2.45, 2.75) is 40.2 Å². The molecule has 2 aromatic rings. The van der Waals surface area contributed by atoms with Crippen LogP contribution in [0, 0.1) is 11.3 Å². The first kappa shape index (κ1) is 16.0. The third-order valence-electron chi connectivity index (χ3n) is 4.19. The second-order valence-corrected chi connectivity index (χ2v) is 6.42. The molecule has 0 fully saturated rings. The molecule has 4 nitrogen and oxygen atoms in total. The lowest BCUT2D eigenvalue weighted by atomic mass is 9.77. The number of nitrogens with zero attached hydrogens (tertiary/aromatic N) is 2. The molecule has 116 valence electrons. The second kappa shape index (κ2) is 6.58. The molecule has 3 N–H and O–H groups in total. The smallest absolute Gasteiger partial charge is 0.0710 e. The van der Waals surface area contributed by atoms with Gasteiger partial charge in [0, 0.05) is 30.3 Å². The summed E-state index contributed by atoms with van der Waals surface area (Å²) in [4.78, 5) is 0. The minimum atomic E-state index is -0.274. The summed E-state index contributed by atoms with van der Waals surface area (Å²) < 4.78 is 2.03. The van der Waals surface area contributed by atoms with Gasteiger partial charge in [0.05, 0.1) is 17.8 Å². The average Bonchev–Trinajstić information content (AvgIpc) is 2.84. The summed E-state index contributed by atoms with van der Waals surface area (Å²) in [5.41, 5.74) is 7.93. The molecule has 2 rings (SSSR count). The maximum Gasteiger partial charge on any atom is 0.0710 e. The molecule has 0 aliphatic carbocycles. The zero-order chi connectivity index (χ0) is 15.5. The van der Waals surface area contributed by atoms with Crippen molar-refractivity contribution in [3.63, 3.8) is 0 Å². The molecule has 21 heavy (non-hydrogen) atoms. The minimum absolute atomic E-state index is 0.106. The van der Waals surface area contributed by atoms with Gasteiger partial charge >= 0.3 is 0 Å². The molecule has 0 saturated carbocycles. The molecule has 0 spiro atoms. The Kier molecular flexibility index (Phi) is 5.01. The summed E-state index contributed by atoms with van der Waals surface area (Å²) in [6, 6.07) is 8.29. The molecule has 0 radical (unpaired) electrons. The number of fused-ring (bicyclic) bond motifs is 1. The Bertz CT molecular complexity index is 585. The van der Waals surface area contributed by atoms with Gasteiger partial charge in [0.2, 0.25) is 0 Å². The normalized spacial score (nSPS) is 14.8. The number of aryl methyl sites for hydroxylation is 1. The second-order valence-electron chi connectivity index (χ2n) is 6.42. The van der Waals surface area contributed by atoms with Crippen molar-refractivity contribution in [2.24, 2.45) is 17.1 Å². The van der Waals surface area contributed by atoms with E-state index in [-0.39, 0.29) is 12.0 Å². The van der Waals surface area contributed by atoms with Crippen molar-refractivity contribution < 1.29 is 5.11 Å².